The molecule has 3 rings (SSSR count). The summed E-state index contributed by atoms with van der Waals surface area (Å²) in [6, 6.07) is 2.98. The molecular weight excluding hydrogens is 303 g/mol. The molecule has 0 spiro atoms. The molecule has 102 valence electrons. The molecule has 0 aliphatic rings. The zero-order valence-electron chi connectivity index (χ0n) is 10.2. The summed E-state index contributed by atoms with van der Waals surface area (Å²) < 4.78 is 2.83. The Kier molecular flexibility index (Phi) is 2.92. The Morgan fingerprint density at radius 2 is 2.05 bits per heavy atom. The standard InChI is InChI=1S/C12H8Cl2N4O2/c1-17-8(2-3-16-17)18-5-15-10-9(12(18)20)6(13)4-7(14)11(10)19/h2-5,19H,1H3. The number of nitrogens with zero attached hydrogens (tertiary/aromatic N) is 4. The molecule has 1 N–H and O–H groups in total. The second-order valence-electron chi connectivity index (χ2n) is 4.15. The molecule has 20 heavy (non-hydrogen) atoms. The number of fused-ring (bicyclic) bond motifs is 1. The third kappa shape index (κ3) is 1.76. The van der Waals surface area contributed by atoms with Crippen LogP contribution in [0.5, 0.6) is 5.75 Å². The zero-order valence-corrected chi connectivity index (χ0v) is 11.7. The zero-order chi connectivity index (χ0) is 14.4. The average molecular weight is 311 g/mol. The Hall–Kier alpha value is -2.05. The average Bonchev–Trinajstić information content (AvgIpc) is 2.82. The predicted molar refractivity (Wildman–Crippen MR) is 75.8 cm³/mol. The monoisotopic (exact) mass is 310 g/mol. The lowest BCUT2D eigenvalue weighted by atomic mass is 10.2. The Labute approximate surface area is 122 Å². The van der Waals surface area contributed by atoms with Gasteiger partial charge in [0.2, 0.25) is 0 Å². The fourth-order valence-corrected chi connectivity index (χ4v) is 2.51. The first-order chi connectivity index (χ1) is 9.50. The van der Waals surface area contributed by atoms with Crippen LogP contribution < -0.4 is 5.56 Å². The predicted octanol–water partition coefficient (Wildman–Crippen LogP) is 2.13. The maximum Gasteiger partial charge on any atom is 0.268 e. The van der Waals surface area contributed by atoms with Crippen LogP contribution in [0.1, 0.15) is 0 Å². The molecule has 0 saturated heterocycles. The van der Waals surface area contributed by atoms with Crippen LogP contribution in [-0.4, -0.2) is 24.4 Å². The van der Waals surface area contributed by atoms with E-state index in [4.69, 9.17) is 23.2 Å². The van der Waals surface area contributed by atoms with E-state index in [2.05, 4.69) is 10.1 Å². The molecule has 0 radical (unpaired) electrons. The highest BCUT2D eigenvalue weighted by molar-refractivity contribution is 6.39. The quantitative estimate of drug-likeness (QED) is 0.747. The van der Waals surface area contributed by atoms with Crippen LogP contribution >= 0.6 is 23.2 Å². The molecular formula is C12H8Cl2N4O2. The SMILES string of the molecule is Cn1nccc1-n1cnc2c(O)c(Cl)cc(Cl)c2c1=O. The van der Waals surface area contributed by atoms with Crippen LogP contribution in [0.3, 0.4) is 0 Å². The van der Waals surface area contributed by atoms with Crippen molar-refractivity contribution in [3.05, 3.63) is 45.1 Å². The maximum absolute atomic E-state index is 12.5. The van der Waals surface area contributed by atoms with Gasteiger partial charge in [0, 0.05) is 13.1 Å². The normalized spacial score (nSPS) is 11.2. The van der Waals surface area contributed by atoms with Crippen molar-refractivity contribution in [2.45, 2.75) is 0 Å². The van der Waals surface area contributed by atoms with Crippen molar-refractivity contribution < 1.29 is 5.11 Å². The summed E-state index contributed by atoms with van der Waals surface area (Å²) in [7, 11) is 1.70. The van der Waals surface area contributed by atoms with E-state index in [0.717, 1.165) is 0 Å². The third-order valence-corrected chi connectivity index (χ3v) is 3.54. The van der Waals surface area contributed by atoms with Crippen LogP contribution in [0.2, 0.25) is 10.0 Å². The molecule has 2 aromatic heterocycles. The maximum atomic E-state index is 12.5. The summed E-state index contributed by atoms with van der Waals surface area (Å²) >= 11 is 11.9. The number of phenolic OH excluding ortho intramolecular Hbond substituents is 1. The molecule has 0 amide bonds. The van der Waals surface area contributed by atoms with Gasteiger partial charge in [-0.15, -0.1) is 0 Å². The largest absolute Gasteiger partial charge is 0.504 e. The highest BCUT2D eigenvalue weighted by atomic mass is 35.5. The first-order valence-corrected chi connectivity index (χ1v) is 6.33. The van der Waals surface area contributed by atoms with E-state index < -0.39 is 5.56 Å². The fraction of sp³-hybridized carbons (Fsp3) is 0.0833. The Balaban J connectivity index is 2.44. The minimum Gasteiger partial charge on any atom is -0.504 e. The molecule has 0 aliphatic heterocycles. The van der Waals surface area contributed by atoms with Crippen molar-refractivity contribution in [1.82, 2.24) is 19.3 Å². The Bertz CT molecular complexity index is 885. The van der Waals surface area contributed by atoms with Crippen LogP contribution in [0.4, 0.5) is 0 Å². The van der Waals surface area contributed by atoms with E-state index in [1.807, 2.05) is 0 Å². The molecule has 1 aromatic carbocycles. The van der Waals surface area contributed by atoms with Gasteiger partial charge in [-0.25, -0.2) is 4.98 Å². The number of halogens is 2. The molecule has 3 aromatic rings. The molecule has 8 heteroatoms. The lowest BCUT2D eigenvalue weighted by Gasteiger charge is -2.09. The van der Waals surface area contributed by atoms with Crippen molar-refractivity contribution >= 4 is 34.1 Å². The molecule has 0 aliphatic carbocycles. The van der Waals surface area contributed by atoms with E-state index in [9.17, 15) is 9.90 Å². The molecule has 0 fully saturated rings. The third-order valence-electron chi connectivity index (χ3n) is 2.96. The topological polar surface area (TPSA) is 72.9 Å². The first-order valence-electron chi connectivity index (χ1n) is 5.57. The molecule has 0 bridgehead atoms. The smallest absolute Gasteiger partial charge is 0.268 e. The van der Waals surface area contributed by atoms with Crippen LogP contribution in [0, 0.1) is 0 Å². The first kappa shape index (κ1) is 13.0. The van der Waals surface area contributed by atoms with Crippen LogP contribution in [-0.2, 0) is 7.05 Å². The van der Waals surface area contributed by atoms with Crippen molar-refractivity contribution in [1.29, 1.82) is 0 Å². The summed E-state index contributed by atoms with van der Waals surface area (Å²) in [4.78, 5) is 16.6. The lowest BCUT2D eigenvalue weighted by molar-refractivity contribution is 0.480. The van der Waals surface area contributed by atoms with E-state index >= 15 is 0 Å². The van der Waals surface area contributed by atoms with Gasteiger partial charge >= 0.3 is 0 Å². The summed E-state index contributed by atoms with van der Waals surface area (Å²) in [5, 5.41) is 14.2. The van der Waals surface area contributed by atoms with Gasteiger partial charge in [0.1, 0.15) is 17.7 Å². The summed E-state index contributed by atoms with van der Waals surface area (Å²) in [5.41, 5.74) is -0.332. The van der Waals surface area contributed by atoms with E-state index in [1.165, 1.54) is 21.6 Å². The number of aromatic nitrogens is 4. The number of hydrogen-bond donors (Lipinski definition) is 1. The number of aromatic hydroxyl groups is 1. The van der Waals surface area contributed by atoms with Crippen molar-refractivity contribution in [3.63, 3.8) is 0 Å². The molecule has 6 nitrogen and oxygen atoms in total. The summed E-state index contributed by atoms with van der Waals surface area (Å²) in [6.07, 6.45) is 2.86. The van der Waals surface area contributed by atoms with Gasteiger partial charge in [-0.3, -0.25) is 14.0 Å². The minimum absolute atomic E-state index is 0.0488. The van der Waals surface area contributed by atoms with Gasteiger partial charge in [0.15, 0.2) is 5.75 Å². The van der Waals surface area contributed by atoms with Gasteiger partial charge < -0.3 is 5.11 Å². The minimum atomic E-state index is -0.407. The number of rotatable bonds is 1. The Morgan fingerprint density at radius 3 is 2.70 bits per heavy atom. The van der Waals surface area contributed by atoms with E-state index in [0.29, 0.717) is 5.82 Å². The summed E-state index contributed by atoms with van der Waals surface area (Å²) in [5.74, 6) is 0.273. The highest BCUT2D eigenvalue weighted by Gasteiger charge is 2.16. The van der Waals surface area contributed by atoms with Gasteiger partial charge in [-0.05, 0) is 6.07 Å². The Morgan fingerprint density at radius 1 is 1.30 bits per heavy atom. The van der Waals surface area contributed by atoms with Gasteiger partial charge in [0.25, 0.3) is 5.56 Å². The summed E-state index contributed by atoms with van der Waals surface area (Å²) in [6.45, 7) is 0. The molecule has 0 atom stereocenters. The van der Waals surface area contributed by atoms with Gasteiger partial charge in [-0.1, -0.05) is 23.2 Å². The lowest BCUT2D eigenvalue weighted by Crippen LogP contribution is -2.21. The second kappa shape index (κ2) is 4.50. The van der Waals surface area contributed by atoms with Crippen molar-refractivity contribution in [2.24, 2.45) is 7.05 Å². The van der Waals surface area contributed by atoms with Crippen molar-refractivity contribution in [3.8, 4) is 11.6 Å². The van der Waals surface area contributed by atoms with Gasteiger partial charge in [0.05, 0.1) is 21.6 Å². The molecule has 0 unspecified atom stereocenters. The highest BCUT2D eigenvalue weighted by Crippen LogP contribution is 2.34. The second-order valence-corrected chi connectivity index (χ2v) is 4.96. The van der Waals surface area contributed by atoms with Crippen LogP contribution in [0.25, 0.3) is 16.7 Å². The van der Waals surface area contributed by atoms with Gasteiger partial charge in [-0.2, -0.15) is 5.10 Å². The fourth-order valence-electron chi connectivity index (χ4n) is 1.98. The number of hydrogen-bond acceptors (Lipinski definition) is 4. The van der Waals surface area contributed by atoms with Crippen LogP contribution in [0.15, 0.2) is 29.5 Å². The number of aryl methyl sites for hydroxylation is 1. The van der Waals surface area contributed by atoms with E-state index in [1.54, 1.807) is 19.3 Å². The van der Waals surface area contributed by atoms with E-state index in [-0.39, 0.29) is 26.7 Å². The van der Waals surface area contributed by atoms with Crippen molar-refractivity contribution in [2.75, 3.05) is 0 Å². The number of phenols is 1. The molecule has 0 saturated carbocycles. The number of benzene rings is 1. The molecule has 2 heterocycles.